The van der Waals surface area contributed by atoms with E-state index in [1.807, 2.05) is 0 Å². The number of carboxylic acid groups (broad SMARTS) is 1. The van der Waals surface area contributed by atoms with E-state index in [1.165, 1.54) is 12.1 Å². The average Bonchev–Trinajstić information content (AvgIpc) is 2.80. The van der Waals surface area contributed by atoms with E-state index < -0.39 is 17.9 Å². The Morgan fingerprint density at radius 2 is 1.78 bits per heavy atom. The second-order valence-corrected chi connectivity index (χ2v) is 6.91. The van der Waals surface area contributed by atoms with Crippen molar-refractivity contribution in [2.45, 2.75) is 18.9 Å². The number of phenolic OH excluding ortho intramolecular Hbond substituents is 1. The summed E-state index contributed by atoms with van der Waals surface area (Å²) < 4.78 is 5.68. The number of ether oxygens (including phenoxy) is 1. The Bertz CT molecular complexity index is 1030. The lowest BCUT2D eigenvalue weighted by Crippen LogP contribution is -2.30. The summed E-state index contributed by atoms with van der Waals surface area (Å²) >= 11 is 0. The molecular weight excluding hydrogens is 412 g/mol. The van der Waals surface area contributed by atoms with Gasteiger partial charge in [-0.15, -0.1) is 0 Å². The van der Waals surface area contributed by atoms with Crippen molar-refractivity contribution in [2.75, 3.05) is 18.5 Å². The molecule has 32 heavy (non-hydrogen) atoms. The molecule has 3 aromatic rings. The zero-order valence-electron chi connectivity index (χ0n) is 17.3. The number of nitrogens with zero attached hydrogens (tertiary/aromatic N) is 2. The topological polar surface area (TPSA) is 134 Å². The summed E-state index contributed by atoms with van der Waals surface area (Å²) in [4.78, 5) is 32.2. The number of aromatic nitrogens is 2. The molecule has 0 radical (unpaired) electrons. The molecule has 1 amide bonds. The van der Waals surface area contributed by atoms with Crippen LogP contribution in [0.5, 0.6) is 11.5 Å². The number of carbonyl (C=O) groups excluding carboxylic acids is 1. The smallest absolute Gasteiger partial charge is 0.305 e. The molecule has 0 bridgehead atoms. The van der Waals surface area contributed by atoms with E-state index in [1.54, 1.807) is 54.9 Å². The fourth-order valence-corrected chi connectivity index (χ4v) is 2.99. The highest BCUT2D eigenvalue weighted by Crippen LogP contribution is 2.25. The van der Waals surface area contributed by atoms with Crippen molar-refractivity contribution in [3.05, 3.63) is 78.1 Å². The van der Waals surface area contributed by atoms with Gasteiger partial charge in [0, 0.05) is 18.9 Å². The van der Waals surface area contributed by atoms with Gasteiger partial charge >= 0.3 is 5.97 Å². The number of aromatic hydroxyl groups is 1. The molecule has 0 aliphatic heterocycles. The largest absolute Gasteiger partial charge is 0.507 e. The van der Waals surface area contributed by atoms with E-state index in [-0.39, 0.29) is 17.7 Å². The van der Waals surface area contributed by atoms with E-state index >= 15 is 0 Å². The number of aliphatic carboxylic acids is 1. The van der Waals surface area contributed by atoms with Gasteiger partial charge in [0.1, 0.15) is 11.5 Å². The van der Waals surface area contributed by atoms with Crippen molar-refractivity contribution in [1.29, 1.82) is 0 Å². The third-order valence-electron chi connectivity index (χ3n) is 4.54. The summed E-state index contributed by atoms with van der Waals surface area (Å²) in [7, 11) is 0. The number of benzene rings is 2. The van der Waals surface area contributed by atoms with Crippen LogP contribution in [-0.4, -0.2) is 45.2 Å². The lowest BCUT2D eigenvalue weighted by atomic mass is 10.0. The first-order chi connectivity index (χ1) is 15.5. The highest BCUT2D eigenvalue weighted by atomic mass is 16.5. The maximum absolute atomic E-state index is 12.8. The van der Waals surface area contributed by atoms with Gasteiger partial charge in [-0.2, -0.15) is 0 Å². The number of rotatable bonds is 11. The summed E-state index contributed by atoms with van der Waals surface area (Å²) in [6, 6.07) is 14.2. The van der Waals surface area contributed by atoms with Crippen LogP contribution in [0.1, 0.15) is 34.8 Å². The second kappa shape index (κ2) is 11.3. The molecule has 0 aliphatic rings. The van der Waals surface area contributed by atoms with E-state index in [0.29, 0.717) is 36.8 Å². The van der Waals surface area contributed by atoms with Gasteiger partial charge in [0.05, 0.1) is 24.6 Å². The molecule has 9 nitrogen and oxygen atoms in total. The van der Waals surface area contributed by atoms with Gasteiger partial charge < -0.3 is 25.6 Å². The molecule has 1 aromatic heterocycles. The second-order valence-electron chi connectivity index (χ2n) is 6.91. The van der Waals surface area contributed by atoms with Gasteiger partial charge in [0.25, 0.3) is 5.91 Å². The Morgan fingerprint density at radius 3 is 2.50 bits per heavy atom. The van der Waals surface area contributed by atoms with Crippen molar-refractivity contribution in [1.82, 2.24) is 15.3 Å². The van der Waals surface area contributed by atoms with Crippen molar-refractivity contribution >= 4 is 17.8 Å². The summed E-state index contributed by atoms with van der Waals surface area (Å²) in [5.41, 5.74) is 0.662. The normalized spacial score (nSPS) is 11.4. The van der Waals surface area contributed by atoms with Crippen LogP contribution >= 0.6 is 0 Å². The van der Waals surface area contributed by atoms with Crippen LogP contribution < -0.4 is 15.4 Å². The van der Waals surface area contributed by atoms with Gasteiger partial charge in [-0.3, -0.25) is 9.59 Å². The number of hydrogen-bond donors (Lipinski definition) is 4. The number of carbonyl (C=O) groups is 2. The van der Waals surface area contributed by atoms with Crippen LogP contribution in [0.15, 0.2) is 67.0 Å². The van der Waals surface area contributed by atoms with Crippen LogP contribution in [0.4, 0.5) is 5.95 Å². The average molecular weight is 436 g/mol. The number of carboxylic acids is 1. The number of hydrogen-bond acceptors (Lipinski definition) is 7. The van der Waals surface area contributed by atoms with Crippen LogP contribution in [0, 0.1) is 0 Å². The fourth-order valence-electron chi connectivity index (χ4n) is 2.99. The number of nitrogens with one attached hydrogen (secondary N) is 2. The lowest BCUT2D eigenvalue weighted by molar-refractivity contribution is -0.137. The van der Waals surface area contributed by atoms with Crippen LogP contribution in [0.3, 0.4) is 0 Å². The van der Waals surface area contributed by atoms with Crippen molar-refractivity contribution < 1.29 is 24.5 Å². The van der Waals surface area contributed by atoms with Crippen LogP contribution in [-0.2, 0) is 4.79 Å². The zero-order valence-corrected chi connectivity index (χ0v) is 17.3. The molecule has 1 unspecified atom stereocenters. The summed E-state index contributed by atoms with van der Waals surface area (Å²) in [5.74, 6) is -0.912. The molecule has 2 aromatic carbocycles. The molecule has 0 saturated heterocycles. The Hall–Kier alpha value is -4.14. The third-order valence-corrected chi connectivity index (χ3v) is 4.54. The predicted molar refractivity (Wildman–Crippen MR) is 118 cm³/mol. The van der Waals surface area contributed by atoms with Crippen molar-refractivity contribution in [3.63, 3.8) is 0 Å². The zero-order chi connectivity index (χ0) is 22.8. The van der Waals surface area contributed by atoms with Crippen LogP contribution in [0.2, 0.25) is 0 Å². The van der Waals surface area contributed by atoms with Crippen molar-refractivity contribution in [3.8, 4) is 11.5 Å². The van der Waals surface area contributed by atoms with E-state index in [4.69, 9.17) is 4.74 Å². The Balaban J connectivity index is 1.58. The van der Waals surface area contributed by atoms with Gasteiger partial charge in [-0.25, -0.2) is 9.97 Å². The van der Waals surface area contributed by atoms with Gasteiger partial charge in [0.2, 0.25) is 5.95 Å². The standard InChI is InChI=1S/C23H24N4O5/c28-20-9-8-17(32-13-5-12-26-23-24-10-4-11-25-23)14-18(20)22(31)27-19(15-21(29)30)16-6-2-1-3-7-16/h1-4,6-11,14,19,28H,5,12-13,15H2,(H,27,31)(H,29,30)(H,24,25,26). The molecule has 166 valence electrons. The monoisotopic (exact) mass is 436 g/mol. The predicted octanol–water partition coefficient (Wildman–Crippen LogP) is 3.01. The molecule has 9 heteroatoms. The summed E-state index contributed by atoms with van der Waals surface area (Å²) in [5, 5.41) is 25.1. The summed E-state index contributed by atoms with van der Waals surface area (Å²) in [6.07, 6.45) is 3.67. The molecule has 0 saturated carbocycles. The van der Waals surface area contributed by atoms with Gasteiger partial charge in [-0.1, -0.05) is 30.3 Å². The SMILES string of the molecule is O=C(O)CC(NC(=O)c1cc(OCCCNc2ncccn2)ccc1O)c1ccccc1. The quantitative estimate of drug-likeness (QED) is 0.337. The number of anilines is 1. The van der Waals surface area contributed by atoms with E-state index in [9.17, 15) is 19.8 Å². The molecule has 0 fully saturated rings. The Morgan fingerprint density at radius 1 is 1.03 bits per heavy atom. The maximum Gasteiger partial charge on any atom is 0.305 e. The van der Waals surface area contributed by atoms with E-state index in [0.717, 1.165) is 0 Å². The van der Waals surface area contributed by atoms with Gasteiger partial charge in [0.15, 0.2) is 0 Å². The van der Waals surface area contributed by atoms with Crippen LogP contribution in [0.25, 0.3) is 0 Å². The molecule has 1 atom stereocenters. The maximum atomic E-state index is 12.8. The summed E-state index contributed by atoms with van der Waals surface area (Å²) in [6.45, 7) is 0.973. The molecule has 4 N–H and O–H groups in total. The van der Waals surface area contributed by atoms with Crippen molar-refractivity contribution in [2.24, 2.45) is 0 Å². The lowest BCUT2D eigenvalue weighted by Gasteiger charge is -2.18. The highest BCUT2D eigenvalue weighted by Gasteiger charge is 2.21. The van der Waals surface area contributed by atoms with Gasteiger partial charge in [-0.05, 0) is 36.2 Å². The Labute approximate surface area is 185 Å². The first-order valence-corrected chi connectivity index (χ1v) is 10.1. The molecule has 3 rings (SSSR count). The minimum absolute atomic E-state index is 0.00429. The first kappa shape index (κ1) is 22.5. The fraction of sp³-hybridized carbons (Fsp3) is 0.217. The molecule has 1 heterocycles. The third kappa shape index (κ3) is 6.69. The number of amides is 1. The first-order valence-electron chi connectivity index (χ1n) is 10.1. The number of phenols is 1. The minimum Gasteiger partial charge on any atom is -0.507 e. The van der Waals surface area contributed by atoms with E-state index in [2.05, 4.69) is 20.6 Å². The molecule has 0 aliphatic carbocycles. The minimum atomic E-state index is -1.05. The molecule has 0 spiro atoms. The Kier molecular flexibility index (Phi) is 7.96. The highest BCUT2D eigenvalue weighted by molar-refractivity contribution is 5.97. The molecular formula is C23H24N4O5.